The average molecular weight is 668 g/mol. The number of phenols is 1. The molecule has 6 rings (SSSR count). The van der Waals surface area contributed by atoms with E-state index in [1.54, 1.807) is 56.6 Å². The number of pyridine rings is 1. The molecule has 238 valence electrons. The number of aromatic nitrogens is 4. The van der Waals surface area contributed by atoms with E-state index >= 15 is 0 Å². The summed E-state index contributed by atoms with van der Waals surface area (Å²) in [6.07, 6.45) is -4.51. The van der Waals surface area contributed by atoms with Crippen molar-refractivity contribution in [2.45, 2.75) is 51.5 Å². The van der Waals surface area contributed by atoms with Crippen molar-refractivity contribution in [3.63, 3.8) is 0 Å². The second-order valence-electron chi connectivity index (χ2n) is 11.1. The summed E-state index contributed by atoms with van der Waals surface area (Å²) in [7, 11) is -4.08. The van der Waals surface area contributed by atoms with Crippen molar-refractivity contribution in [2.24, 2.45) is 0 Å². The number of hydrogen-bond donors (Lipinski definition) is 2. The number of aryl methyl sites for hydroxylation is 4. The summed E-state index contributed by atoms with van der Waals surface area (Å²) in [4.78, 5) is 5.24. The molecule has 0 unspecified atom stereocenters. The number of nitrogens with one attached hydrogen (secondary N) is 1. The summed E-state index contributed by atoms with van der Waals surface area (Å²) >= 11 is 1.06. The predicted molar refractivity (Wildman–Crippen MR) is 169 cm³/mol. The van der Waals surface area contributed by atoms with Crippen molar-refractivity contribution in [2.75, 3.05) is 4.72 Å². The lowest BCUT2D eigenvalue weighted by Crippen LogP contribution is -2.13. The van der Waals surface area contributed by atoms with Crippen molar-refractivity contribution in [3.8, 4) is 28.1 Å². The van der Waals surface area contributed by atoms with E-state index in [9.17, 15) is 26.7 Å². The number of aromatic hydroxyl groups is 1. The molecule has 46 heavy (non-hydrogen) atoms. The van der Waals surface area contributed by atoms with Crippen LogP contribution in [0, 0.1) is 34.6 Å². The van der Waals surface area contributed by atoms with E-state index in [-0.39, 0.29) is 22.3 Å². The van der Waals surface area contributed by atoms with Gasteiger partial charge in [-0.05, 0) is 70.5 Å². The zero-order valence-electron chi connectivity index (χ0n) is 25.3. The number of alkyl halides is 3. The number of halogens is 3. The first kappa shape index (κ1) is 31.3. The maximum Gasteiger partial charge on any atom is 0.416 e. The largest absolute Gasteiger partial charge is 0.507 e. The van der Waals surface area contributed by atoms with E-state index in [0.717, 1.165) is 28.3 Å². The molecule has 0 fully saturated rings. The van der Waals surface area contributed by atoms with Crippen LogP contribution in [0.3, 0.4) is 0 Å². The molecule has 0 bridgehead atoms. The van der Waals surface area contributed by atoms with E-state index in [1.807, 2.05) is 13.0 Å². The molecule has 0 radical (unpaired) electrons. The Morgan fingerprint density at radius 2 is 1.76 bits per heavy atom. The zero-order chi connectivity index (χ0) is 33.1. The Morgan fingerprint density at radius 3 is 2.43 bits per heavy atom. The van der Waals surface area contributed by atoms with Gasteiger partial charge in [-0.3, -0.25) is 14.4 Å². The number of nitrogens with zero attached hydrogens (tertiary/aromatic N) is 4. The molecule has 0 aliphatic rings. The third-order valence-corrected chi connectivity index (χ3v) is 10.6. The highest BCUT2D eigenvalue weighted by Crippen LogP contribution is 2.41. The van der Waals surface area contributed by atoms with Gasteiger partial charge in [0.05, 0.1) is 17.6 Å². The molecule has 0 amide bonds. The van der Waals surface area contributed by atoms with Crippen LogP contribution in [0.25, 0.3) is 33.3 Å². The van der Waals surface area contributed by atoms with Gasteiger partial charge in [-0.1, -0.05) is 29.4 Å². The lowest BCUT2D eigenvalue weighted by molar-refractivity contribution is -0.137. The predicted octanol–water partition coefficient (Wildman–Crippen LogP) is 7.93. The summed E-state index contributed by atoms with van der Waals surface area (Å²) in [5.41, 5.74) is 3.73. The van der Waals surface area contributed by atoms with Crippen LogP contribution < -0.4 is 4.72 Å². The monoisotopic (exact) mass is 667 g/mol. The third kappa shape index (κ3) is 5.73. The quantitative estimate of drug-likeness (QED) is 0.177. The fourth-order valence-corrected chi connectivity index (χ4v) is 8.04. The van der Waals surface area contributed by atoms with E-state index in [1.165, 1.54) is 12.1 Å². The first-order valence-electron chi connectivity index (χ1n) is 14.0. The summed E-state index contributed by atoms with van der Waals surface area (Å²) in [6, 6.07) is 13.4. The van der Waals surface area contributed by atoms with Gasteiger partial charge in [-0.25, -0.2) is 8.42 Å². The van der Waals surface area contributed by atoms with Gasteiger partial charge in [-0.15, -0.1) is 11.3 Å². The van der Waals surface area contributed by atoms with Crippen molar-refractivity contribution in [3.05, 3.63) is 93.3 Å². The molecule has 4 heterocycles. The number of hydrogen-bond acceptors (Lipinski definition) is 8. The maximum atomic E-state index is 13.5. The van der Waals surface area contributed by atoms with Crippen LogP contribution in [-0.4, -0.2) is 33.4 Å². The van der Waals surface area contributed by atoms with E-state index in [2.05, 4.69) is 14.9 Å². The second-order valence-corrected chi connectivity index (χ2v) is 14.2. The average Bonchev–Trinajstić information content (AvgIpc) is 3.64. The fraction of sp³-hybridized carbons (Fsp3) is 0.219. The molecule has 2 N–H and O–H groups in total. The Kier molecular flexibility index (Phi) is 7.68. The highest BCUT2D eigenvalue weighted by Gasteiger charge is 2.31. The zero-order valence-corrected chi connectivity index (χ0v) is 26.9. The van der Waals surface area contributed by atoms with Crippen LogP contribution in [0.15, 0.2) is 63.3 Å². The summed E-state index contributed by atoms with van der Waals surface area (Å²) < 4.78 is 76.6. The molecule has 2 aromatic carbocycles. The van der Waals surface area contributed by atoms with Crippen LogP contribution in [0.4, 0.5) is 19.0 Å². The minimum atomic E-state index is -4.51. The maximum absolute atomic E-state index is 13.5. The molecule has 6 aromatic rings. The number of fused-ring (bicyclic) bond motifs is 1. The van der Waals surface area contributed by atoms with Crippen molar-refractivity contribution < 1.29 is 31.2 Å². The smallest absolute Gasteiger partial charge is 0.416 e. The van der Waals surface area contributed by atoms with Gasteiger partial charge in [0.2, 0.25) is 0 Å². The standard InChI is InChI=1S/C32H28F3N5O4S2/c1-16-11-26-28(19(4)36-16)29(22-7-6-8-23(14-22)32(33,34)35)37-40(26)15-21-9-10-24(27(41)13-21)25-12-17(2)45-31(25)46(42,43)39-30-18(3)20(5)44-38-30/h6-14,41H,15H2,1-5H3,(H,38,39). The number of phenolic OH excluding ortho intramolecular Hbond substituents is 1. The second kappa shape index (κ2) is 11.3. The fourth-order valence-electron chi connectivity index (χ4n) is 5.34. The molecule has 0 atom stereocenters. The molecule has 9 nitrogen and oxygen atoms in total. The number of anilines is 1. The number of rotatable bonds is 7. The molecule has 4 aromatic heterocycles. The van der Waals surface area contributed by atoms with E-state index in [4.69, 9.17) is 9.62 Å². The Balaban J connectivity index is 1.38. The summed E-state index contributed by atoms with van der Waals surface area (Å²) in [5, 5.41) is 20.3. The third-order valence-electron chi connectivity index (χ3n) is 7.64. The van der Waals surface area contributed by atoms with Crippen LogP contribution in [0.5, 0.6) is 5.75 Å². The van der Waals surface area contributed by atoms with Gasteiger partial charge < -0.3 is 9.63 Å². The van der Waals surface area contributed by atoms with Gasteiger partial charge in [0.1, 0.15) is 21.4 Å². The SMILES string of the molecule is Cc1cc2c(c(C)n1)c(-c1cccc(C(F)(F)F)c1)nn2Cc1ccc(-c2cc(C)sc2S(=O)(=O)Nc2noc(C)c2C)c(O)c1. The minimum absolute atomic E-state index is 0.00959. The summed E-state index contributed by atoms with van der Waals surface area (Å²) in [6.45, 7) is 8.92. The molecular weight excluding hydrogens is 640 g/mol. The van der Waals surface area contributed by atoms with Gasteiger partial charge in [0, 0.05) is 43.9 Å². The molecule has 14 heteroatoms. The van der Waals surface area contributed by atoms with Gasteiger partial charge >= 0.3 is 6.18 Å². The number of thiophene rings is 1. The van der Waals surface area contributed by atoms with Crippen molar-refractivity contribution in [1.82, 2.24) is 19.9 Å². The van der Waals surface area contributed by atoms with Crippen LogP contribution >= 0.6 is 11.3 Å². The van der Waals surface area contributed by atoms with Crippen LogP contribution in [-0.2, 0) is 22.7 Å². The number of benzene rings is 2. The first-order valence-corrected chi connectivity index (χ1v) is 16.3. The lowest BCUT2D eigenvalue weighted by Gasteiger charge is -2.11. The highest BCUT2D eigenvalue weighted by molar-refractivity contribution is 7.94. The molecule has 0 spiro atoms. The van der Waals surface area contributed by atoms with E-state index < -0.39 is 21.8 Å². The molecular formula is C32H28F3N5O4S2. The Bertz CT molecular complexity index is 2250. The molecule has 0 aliphatic carbocycles. The Labute approximate surface area is 266 Å². The van der Waals surface area contributed by atoms with Crippen molar-refractivity contribution >= 4 is 38.1 Å². The number of sulfonamides is 1. The molecule has 0 aliphatic heterocycles. The normalized spacial score (nSPS) is 12.3. The Morgan fingerprint density at radius 1 is 1.00 bits per heavy atom. The lowest BCUT2D eigenvalue weighted by atomic mass is 10.0. The molecule has 0 saturated heterocycles. The topological polar surface area (TPSA) is 123 Å². The first-order chi connectivity index (χ1) is 21.6. The van der Waals surface area contributed by atoms with Crippen LogP contribution in [0.2, 0.25) is 0 Å². The Hall–Kier alpha value is -4.69. The molecule has 0 saturated carbocycles. The minimum Gasteiger partial charge on any atom is -0.507 e. The van der Waals surface area contributed by atoms with Gasteiger partial charge in [0.15, 0.2) is 5.82 Å². The summed E-state index contributed by atoms with van der Waals surface area (Å²) in [5.74, 6) is 0.427. The van der Waals surface area contributed by atoms with Crippen LogP contribution in [0.1, 0.15) is 38.7 Å². The van der Waals surface area contributed by atoms with Gasteiger partial charge in [-0.2, -0.15) is 18.3 Å². The van der Waals surface area contributed by atoms with Crippen molar-refractivity contribution in [1.29, 1.82) is 0 Å². The highest BCUT2D eigenvalue weighted by atomic mass is 32.2. The van der Waals surface area contributed by atoms with Gasteiger partial charge in [0.25, 0.3) is 10.0 Å². The van der Waals surface area contributed by atoms with E-state index in [0.29, 0.717) is 61.6 Å².